The number of nitrogens with one attached hydrogen (secondary N) is 1. The molecule has 22 heavy (non-hydrogen) atoms. The van der Waals surface area contributed by atoms with Crippen LogP contribution in [0.25, 0.3) is 0 Å². The van der Waals surface area contributed by atoms with E-state index in [9.17, 15) is 4.79 Å². The van der Waals surface area contributed by atoms with Crippen molar-refractivity contribution in [3.05, 3.63) is 23.8 Å². The lowest BCUT2D eigenvalue weighted by Crippen LogP contribution is -2.61. The summed E-state index contributed by atoms with van der Waals surface area (Å²) in [5, 5.41) is 3.15. The Hall–Kier alpha value is -1.75. The van der Waals surface area contributed by atoms with Gasteiger partial charge in [0.05, 0.1) is 20.8 Å². The van der Waals surface area contributed by atoms with Gasteiger partial charge in [0.1, 0.15) is 11.5 Å². The molecule has 0 bridgehead atoms. The van der Waals surface area contributed by atoms with E-state index in [0.29, 0.717) is 18.6 Å². The molecule has 120 valence electrons. The predicted octanol–water partition coefficient (Wildman–Crippen LogP) is 1.95. The Labute approximate surface area is 131 Å². The monoisotopic (exact) mass is 304 g/mol. The Kier molecular flexibility index (Phi) is 4.52. The molecule has 5 nitrogen and oxygen atoms in total. The maximum Gasteiger partial charge on any atom is 0.234 e. The number of fused-ring (bicyclic) bond motifs is 1. The van der Waals surface area contributed by atoms with E-state index in [1.165, 1.54) is 12.8 Å². The molecule has 0 spiro atoms. The molecular weight excluding hydrogens is 280 g/mol. The van der Waals surface area contributed by atoms with Crippen LogP contribution in [0.2, 0.25) is 0 Å². The van der Waals surface area contributed by atoms with Gasteiger partial charge in [-0.1, -0.05) is 12.8 Å². The summed E-state index contributed by atoms with van der Waals surface area (Å²) >= 11 is 0. The van der Waals surface area contributed by atoms with Crippen molar-refractivity contribution < 1.29 is 14.3 Å². The quantitative estimate of drug-likeness (QED) is 0.924. The fourth-order valence-electron chi connectivity index (χ4n) is 3.64. The van der Waals surface area contributed by atoms with Crippen molar-refractivity contribution in [3.63, 3.8) is 0 Å². The van der Waals surface area contributed by atoms with Crippen molar-refractivity contribution in [2.75, 3.05) is 20.8 Å². The molecule has 3 rings (SSSR count). The van der Waals surface area contributed by atoms with E-state index in [2.05, 4.69) is 10.2 Å². The van der Waals surface area contributed by atoms with E-state index in [4.69, 9.17) is 9.47 Å². The number of methoxy groups -OCH3 is 2. The average molecular weight is 304 g/mol. The molecule has 1 amide bonds. The van der Waals surface area contributed by atoms with Crippen molar-refractivity contribution in [2.24, 2.45) is 0 Å². The Balaban J connectivity index is 1.79. The predicted molar refractivity (Wildman–Crippen MR) is 84.1 cm³/mol. The summed E-state index contributed by atoms with van der Waals surface area (Å²) in [6.45, 7) is 1.23. The molecule has 1 aliphatic carbocycles. The highest BCUT2D eigenvalue weighted by Crippen LogP contribution is 2.29. The van der Waals surface area contributed by atoms with Crippen LogP contribution in [0.5, 0.6) is 11.5 Å². The second-order valence-electron chi connectivity index (χ2n) is 6.15. The van der Waals surface area contributed by atoms with Crippen LogP contribution >= 0.6 is 0 Å². The highest BCUT2D eigenvalue weighted by molar-refractivity contribution is 5.79. The van der Waals surface area contributed by atoms with Crippen molar-refractivity contribution in [2.45, 2.75) is 44.3 Å². The molecule has 0 radical (unpaired) electrons. The van der Waals surface area contributed by atoms with E-state index in [0.717, 1.165) is 36.4 Å². The first kappa shape index (κ1) is 15.2. The summed E-state index contributed by atoms with van der Waals surface area (Å²) in [7, 11) is 3.31. The SMILES string of the molecule is COc1cc(CN2CC(=O)N[C@@H]3CCCC[C@@H]32)cc(OC)c1. The Morgan fingerprint density at radius 2 is 1.82 bits per heavy atom. The maximum absolute atomic E-state index is 12.0. The van der Waals surface area contributed by atoms with Gasteiger partial charge in [-0.2, -0.15) is 0 Å². The van der Waals surface area contributed by atoms with Crippen LogP contribution in [0.4, 0.5) is 0 Å². The number of rotatable bonds is 4. The molecule has 1 aromatic carbocycles. The molecule has 0 aromatic heterocycles. The molecule has 0 unspecified atom stereocenters. The summed E-state index contributed by atoms with van der Waals surface area (Å²) < 4.78 is 10.7. The zero-order valence-electron chi connectivity index (χ0n) is 13.3. The van der Waals surface area contributed by atoms with Gasteiger partial charge in [0.15, 0.2) is 0 Å². The molecule has 1 aromatic rings. The lowest BCUT2D eigenvalue weighted by Gasteiger charge is -2.44. The summed E-state index contributed by atoms with van der Waals surface area (Å²) in [4.78, 5) is 14.3. The average Bonchev–Trinajstić information content (AvgIpc) is 2.54. The van der Waals surface area contributed by atoms with Crippen LogP contribution in [0.15, 0.2) is 18.2 Å². The topological polar surface area (TPSA) is 50.8 Å². The van der Waals surface area contributed by atoms with E-state index < -0.39 is 0 Å². The number of carbonyl (C=O) groups is 1. The van der Waals surface area contributed by atoms with Gasteiger partial charge in [-0.05, 0) is 30.5 Å². The minimum atomic E-state index is 0.137. The summed E-state index contributed by atoms with van der Waals surface area (Å²) in [5.74, 6) is 1.71. The minimum Gasteiger partial charge on any atom is -0.497 e. The first-order valence-corrected chi connectivity index (χ1v) is 7.95. The third-order valence-corrected chi connectivity index (χ3v) is 4.69. The smallest absolute Gasteiger partial charge is 0.234 e. The van der Waals surface area contributed by atoms with Gasteiger partial charge in [-0.15, -0.1) is 0 Å². The fourth-order valence-corrected chi connectivity index (χ4v) is 3.64. The zero-order valence-corrected chi connectivity index (χ0v) is 13.3. The molecule has 5 heteroatoms. The van der Waals surface area contributed by atoms with Crippen molar-refractivity contribution in [1.82, 2.24) is 10.2 Å². The number of ether oxygens (including phenoxy) is 2. The van der Waals surface area contributed by atoms with Crippen LogP contribution in [0, 0.1) is 0 Å². The van der Waals surface area contributed by atoms with Gasteiger partial charge in [-0.3, -0.25) is 9.69 Å². The number of hydrogen-bond acceptors (Lipinski definition) is 4. The van der Waals surface area contributed by atoms with Crippen molar-refractivity contribution >= 4 is 5.91 Å². The van der Waals surface area contributed by atoms with Crippen molar-refractivity contribution in [3.8, 4) is 11.5 Å². The molecule has 2 fully saturated rings. The fraction of sp³-hybridized carbons (Fsp3) is 0.588. The van der Waals surface area contributed by atoms with E-state index in [-0.39, 0.29) is 5.91 Å². The normalized spacial score (nSPS) is 25.3. The molecular formula is C17H24N2O3. The largest absolute Gasteiger partial charge is 0.497 e. The first-order valence-electron chi connectivity index (χ1n) is 7.95. The zero-order chi connectivity index (χ0) is 15.5. The molecule has 1 heterocycles. The van der Waals surface area contributed by atoms with Crippen LogP contribution in [0.1, 0.15) is 31.2 Å². The third kappa shape index (κ3) is 3.19. The third-order valence-electron chi connectivity index (χ3n) is 4.69. The van der Waals surface area contributed by atoms with Gasteiger partial charge in [0, 0.05) is 24.7 Å². The molecule has 1 saturated heterocycles. The van der Waals surface area contributed by atoms with Crippen LogP contribution < -0.4 is 14.8 Å². The van der Waals surface area contributed by atoms with Crippen LogP contribution in [-0.2, 0) is 11.3 Å². The molecule has 1 aliphatic heterocycles. The Morgan fingerprint density at radius 3 is 2.50 bits per heavy atom. The van der Waals surface area contributed by atoms with Crippen LogP contribution in [-0.4, -0.2) is 43.7 Å². The van der Waals surface area contributed by atoms with Crippen LogP contribution in [0.3, 0.4) is 0 Å². The number of hydrogen-bond donors (Lipinski definition) is 1. The van der Waals surface area contributed by atoms with Gasteiger partial charge >= 0.3 is 0 Å². The van der Waals surface area contributed by atoms with Gasteiger partial charge in [0.25, 0.3) is 0 Å². The highest BCUT2D eigenvalue weighted by Gasteiger charge is 2.36. The summed E-state index contributed by atoms with van der Waals surface area (Å²) in [6, 6.07) is 6.67. The first-order chi connectivity index (χ1) is 10.7. The maximum atomic E-state index is 12.0. The second-order valence-corrected chi connectivity index (χ2v) is 6.15. The number of piperazine rings is 1. The molecule has 1 saturated carbocycles. The van der Waals surface area contributed by atoms with E-state index in [1.54, 1.807) is 14.2 Å². The molecule has 2 atom stereocenters. The second kappa shape index (κ2) is 6.57. The highest BCUT2D eigenvalue weighted by atomic mass is 16.5. The van der Waals surface area contributed by atoms with Crippen molar-refractivity contribution in [1.29, 1.82) is 0 Å². The minimum absolute atomic E-state index is 0.137. The number of carbonyl (C=O) groups excluding carboxylic acids is 1. The van der Waals surface area contributed by atoms with Gasteiger partial charge < -0.3 is 14.8 Å². The number of benzene rings is 1. The number of nitrogens with zero attached hydrogens (tertiary/aromatic N) is 1. The summed E-state index contributed by atoms with van der Waals surface area (Å²) in [6.07, 6.45) is 4.71. The molecule has 1 N–H and O–H groups in total. The summed E-state index contributed by atoms with van der Waals surface area (Å²) in [5.41, 5.74) is 1.12. The van der Waals surface area contributed by atoms with Gasteiger partial charge in [-0.25, -0.2) is 0 Å². The lowest BCUT2D eigenvalue weighted by atomic mass is 9.87. The number of amides is 1. The molecule has 2 aliphatic rings. The lowest BCUT2D eigenvalue weighted by molar-refractivity contribution is -0.128. The van der Waals surface area contributed by atoms with E-state index >= 15 is 0 Å². The Morgan fingerprint density at radius 1 is 1.14 bits per heavy atom. The standard InChI is InChI=1S/C17H24N2O3/c1-21-13-7-12(8-14(9-13)22-2)10-19-11-17(20)18-15-5-3-4-6-16(15)19/h7-9,15-16H,3-6,10-11H2,1-2H3,(H,18,20)/t15-,16+/m1/s1. The van der Waals surface area contributed by atoms with Gasteiger partial charge in [0.2, 0.25) is 5.91 Å². The Bertz CT molecular complexity index is 524. The van der Waals surface area contributed by atoms with E-state index in [1.807, 2.05) is 18.2 Å².